The predicted molar refractivity (Wildman–Crippen MR) is 138 cm³/mol. The molecule has 3 aromatic carbocycles. The standard InChI is InChI=1S/C27H24N4O2S/c1-17-12-18(2)14-20(13-17)31-26(33)25-24(21-10-6-7-11-22(21)29-25)30-27(31)34-16-23(32)28-15-19-8-4-3-5-9-19/h3-14,29H,15-16H2,1-2H3,(H,28,32). The van der Waals surface area contributed by atoms with Gasteiger partial charge in [-0.05, 0) is 48.7 Å². The first kappa shape index (κ1) is 22.0. The summed E-state index contributed by atoms with van der Waals surface area (Å²) in [5.74, 6) is 0.0342. The van der Waals surface area contributed by atoms with Crippen molar-refractivity contribution in [2.45, 2.75) is 25.5 Å². The number of hydrogen-bond acceptors (Lipinski definition) is 4. The summed E-state index contributed by atoms with van der Waals surface area (Å²) in [5, 5.41) is 4.32. The Labute approximate surface area is 201 Å². The minimum absolute atomic E-state index is 0.117. The zero-order valence-corrected chi connectivity index (χ0v) is 19.8. The molecule has 2 heterocycles. The number of amides is 1. The van der Waals surface area contributed by atoms with E-state index in [0.29, 0.717) is 22.7 Å². The van der Waals surface area contributed by atoms with Crippen LogP contribution in [0.5, 0.6) is 0 Å². The minimum atomic E-state index is -0.182. The smallest absolute Gasteiger partial charge is 0.283 e. The van der Waals surface area contributed by atoms with Crippen molar-refractivity contribution in [1.82, 2.24) is 19.9 Å². The molecule has 0 saturated carbocycles. The molecule has 2 aromatic heterocycles. The number of nitrogens with one attached hydrogen (secondary N) is 2. The van der Waals surface area contributed by atoms with Crippen molar-refractivity contribution in [1.29, 1.82) is 0 Å². The molecule has 0 fully saturated rings. The number of nitrogens with zero attached hydrogens (tertiary/aromatic N) is 2. The number of aromatic nitrogens is 3. The van der Waals surface area contributed by atoms with Gasteiger partial charge < -0.3 is 10.3 Å². The van der Waals surface area contributed by atoms with Gasteiger partial charge in [0.15, 0.2) is 5.16 Å². The first-order valence-corrected chi connectivity index (χ1v) is 12.0. The molecular weight excluding hydrogens is 444 g/mol. The number of carbonyl (C=O) groups is 1. The van der Waals surface area contributed by atoms with Gasteiger partial charge in [-0.3, -0.25) is 14.2 Å². The molecule has 0 unspecified atom stereocenters. The van der Waals surface area contributed by atoms with Crippen LogP contribution in [-0.4, -0.2) is 26.2 Å². The lowest BCUT2D eigenvalue weighted by molar-refractivity contribution is -0.118. The van der Waals surface area contributed by atoms with Crippen LogP contribution in [0.3, 0.4) is 0 Å². The highest BCUT2D eigenvalue weighted by Gasteiger charge is 2.18. The fraction of sp³-hybridized carbons (Fsp3) is 0.148. The fourth-order valence-electron chi connectivity index (χ4n) is 4.12. The van der Waals surface area contributed by atoms with Gasteiger partial charge in [0, 0.05) is 17.4 Å². The van der Waals surface area contributed by atoms with Gasteiger partial charge in [-0.25, -0.2) is 4.98 Å². The van der Waals surface area contributed by atoms with Crippen molar-refractivity contribution in [3.63, 3.8) is 0 Å². The molecule has 0 aliphatic rings. The summed E-state index contributed by atoms with van der Waals surface area (Å²) in [6.45, 7) is 4.46. The molecular formula is C27H24N4O2S. The molecule has 170 valence electrons. The van der Waals surface area contributed by atoms with E-state index in [-0.39, 0.29) is 17.2 Å². The van der Waals surface area contributed by atoms with Gasteiger partial charge in [0.2, 0.25) is 5.91 Å². The quantitative estimate of drug-likeness (QED) is 0.275. The van der Waals surface area contributed by atoms with Crippen LogP contribution in [0.1, 0.15) is 16.7 Å². The lowest BCUT2D eigenvalue weighted by Crippen LogP contribution is -2.26. The molecule has 5 rings (SSSR count). The molecule has 2 N–H and O–H groups in total. The van der Waals surface area contributed by atoms with Crippen molar-refractivity contribution in [3.05, 3.63) is 99.8 Å². The second-order valence-electron chi connectivity index (χ2n) is 8.33. The van der Waals surface area contributed by atoms with Crippen LogP contribution in [-0.2, 0) is 11.3 Å². The SMILES string of the molecule is Cc1cc(C)cc(-n2c(SCC(=O)NCc3ccccc3)nc3c([nH]c4ccccc43)c2=O)c1. The molecule has 34 heavy (non-hydrogen) atoms. The maximum absolute atomic E-state index is 13.7. The molecule has 1 amide bonds. The number of aryl methyl sites for hydroxylation is 2. The van der Waals surface area contributed by atoms with Crippen LogP contribution < -0.4 is 10.9 Å². The van der Waals surface area contributed by atoms with E-state index in [9.17, 15) is 9.59 Å². The van der Waals surface area contributed by atoms with Crippen molar-refractivity contribution >= 4 is 39.6 Å². The molecule has 0 bridgehead atoms. The van der Waals surface area contributed by atoms with Crippen LogP contribution in [0.2, 0.25) is 0 Å². The Bertz CT molecular complexity index is 1550. The van der Waals surface area contributed by atoms with E-state index in [4.69, 9.17) is 4.98 Å². The Hall–Kier alpha value is -3.84. The highest BCUT2D eigenvalue weighted by Crippen LogP contribution is 2.27. The molecule has 0 radical (unpaired) electrons. The van der Waals surface area contributed by atoms with E-state index in [1.165, 1.54) is 11.8 Å². The molecule has 6 nitrogen and oxygen atoms in total. The molecule has 0 saturated heterocycles. The van der Waals surface area contributed by atoms with Gasteiger partial charge in [-0.2, -0.15) is 0 Å². The second kappa shape index (κ2) is 9.19. The number of rotatable bonds is 6. The van der Waals surface area contributed by atoms with Crippen molar-refractivity contribution in [2.75, 3.05) is 5.75 Å². The minimum Gasteiger partial charge on any atom is -0.351 e. The summed E-state index contributed by atoms with van der Waals surface area (Å²) >= 11 is 1.26. The number of para-hydroxylation sites is 1. The Morgan fingerprint density at radius 2 is 1.71 bits per heavy atom. The maximum Gasteiger partial charge on any atom is 0.283 e. The first-order chi connectivity index (χ1) is 16.5. The van der Waals surface area contributed by atoms with Crippen LogP contribution in [0.4, 0.5) is 0 Å². The third-order valence-electron chi connectivity index (χ3n) is 5.62. The Balaban J connectivity index is 1.54. The number of thioether (sulfide) groups is 1. The van der Waals surface area contributed by atoms with Crippen molar-refractivity contribution in [2.24, 2.45) is 0 Å². The average molecular weight is 469 g/mol. The lowest BCUT2D eigenvalue weighted by atomic mass is 10.1. The Morgan fingerprint density at radius 3 is 2.47 bits per heavy atom. The van der Waals surface area contributed by atoms with E-state index in [0.717, 1.165) is 33.3 Å². The average Bonchev–Trinajstić information content (AvgIpc) is 3.20. The van der Waals surface area contributed by atoms with Crippen LogP contribution >= 0.6 is 11.8 Å². The van der Waals surface area contributed by atoms with Crippen LogP contribution in [0, 0.1) is 13.8 Å². The normalized spacial score (nSPS) is 11.2. The largest absolute Gasteiger partial charge is 0.351 e. The summed E-state index contributed by atoms with van der Waals surface area (Å²) in [6.07, 6.45) is 0. The summed E-state index contributed by atoms with van der Waals surface area (Å²) in [5.41, 5.74) is 5.63. The lowest BCUT2D eigenvalue weighted by Gasteiger charge is -2.13. The van der Waals surface area contributed by atoms with Gasteiger partial charge in [0.25, 0.3) is 5.56 Å². The van der Waals surface area contributed by atoms with Gasteiger partial charge in [-0.1, -0.05) is 66.4 Å². The number of aromatic amines is 1. The Morgan fingerprint density at radius 1 is 1.00 bits per heavy atom. The van der Waals surface area contributed by atoms with E-state index in [1.54, 1.807) is 4.57 Å². The van der Waals surface area contributed by atoms with E-state index >= 15 is 0 Å². The van der Waals surface area contributed by atoms with E-state index in [2.05, 4.69) is 16.4 Å². The van der Waals surface area contributed by atoms with Crippen molar-refractivity contribution < 1.29 is 4.79 Å². The summed E-state index contributed by atoms with van der Waals surface area (Å²) < 4.78 is 1.60. The number of carbonyl (C=O) groups excluding carboxylic acids is 1. The highest BCUT2D eigenvalue weighted by molar-refractivity contribution is 7.99. The molecule has 0 atom stereocenters. The van der Waals surface area contributed by atoms with Gasteiger partial charge in [0.05, 0.1) is 11.4 Å². The highest BCUT2D eigenvalue weighted by atomic mass is 32.2. The van der Waals surface area contributed by atoms with Crippen LogP contribution in [0.15, 0.2) is 82.7 Å². The summed E-state index contributed by atoms with van der Waals surface area (Å²) in [6, 6.07) is 23.5. The third-order valence-corrected chi connectivity index (χ3v) is 6.56. The zero-order chi connectivity index (χ0) is 23.7. The topological polar surface area (TPSA) is 79.8 Å². The van der Waals surface area contributed by atoms with E-state index in [1.807, 2.05) is 80.6 Å². The molecule has 7 heteroatoms. The number of benzene rings is 3. The van der Waals surface area contributed by atoms with Gasteiger partial charge in [0.1, 0.15) is 11.0 Å². The molecule has 0 spiro atoms. The van der Waals surface area contributed by atoms with E-state index < -0.39 is 0 Å². The number of H-pyrrole nitrogens is 1. The monoisotopic (exact) mass is 468 g/mol. The predicted octanol–water partition coefficient (Wildman–Crippen LogP) is 4.89. The van der Waals surface area contributed by atoms with Crippen LogP contribution in [0.25, 0.3) is 27.6 Å². The molecule has 0 aliphatic heterocycles. The number of hydrogen-bond donors (Lipinski definition) is 2. The maximum atomic E-state index is 13.7. The van der Waals surface area contributed by atoms with Gasteiger partial charge >= 0.3 is 0 Å². The fourth-order valence-corrected chi connectivity index (χ4v) is 4.96. The summed E-state index contributed by atoms with van der Waals surface area (Å²) in [7, 11) is 0. The first-order valence-electron chi connectivity index (χ1n) is 11.0. The molecule has 5 aromatic rings. The Kier molecular flexibility index (Phi) is 5.94. The zero-order valence-electron chi connectivity index (χ0n) is 19.0. The third kappa shape index (κ3) is 4.34. The van der Waals surface area contributed by atoms with Gasteiger partial charge in [-0.15, -0.1) is 0 Å². The van der Waals surface area contributed by atoms with Crippen molar-refractivity contribution in [3.8, 4) is 5.69 Å². The number of fused-ring (bicyclic) bond motifs is 3. The molecule has 0 aliphatic carbocycles. The summed E-state index contributed by atoms with van der Waals surface area (Å²) in [4.78, 5) is 34.4. The second-order valence-corrected chi connectivity index (χ2v) is 9.27.